The van der Waals surface area contributed by atoms with Crippen LogP contribution in [0.1, 0.15) is 21.3 Å². The molecular weight excluding hydrogens is 260 g/mol. The monoisotopic (exact) mass is 276 g/mol. The molecule has 0 aliphatic heterocycles. The van der Waals surface area contributed by atoms with E-state index in [9.17, 15) is 9.90 Å². The third-order valence-electron chi connectivity index (χ3n) is 2.67. The SMILES string of the molecule is CNCC(O)c1cccc(NC(=O)c2cccs2)c1. The number of carbonyl (C=O) groups is 1. The van der Waals surface area contributed by atoms with E-state index in [0.717, 1.165) is 5.56 Å². The Kier molecular flexibility index (Phi) is 4.68. The number of nitrogens with one attached hydrogen (secondary N) is 2. The number of hydrogen-bond acceptors (Lipinski definition) is 4. The van der Waals surface area contributed by atoms with Crippen LogP contribution in [0.4, 0.5) is 5.69 Å². The summed E-state index contributed by atoms with van der Waals surface area (Å²) in [5.41, 5.74) is 1.46. The van der Waals surface area contributed by atoms with Gasteiger partial charge in [-0.05, 0) is 36.2 Å². The maximum absolute atomic E-state index is 11.9. The first-order valence-electron chi connectivity index (χ1n) is 5.98. The van der Waals surface area contributed by atoms with E-state index in [1.54, 1.807) is 25.2 Å². The van der Waals surface area contributed by atoms with Crippen molar-refractivity contribution < 1.29 is 9.90 Å². The minimum Gasteiger partial charge on any atom is -0.387 e. The first kappa shape index (κ1) is 13.7. The van der Waals surface area contributed by atoms with Crippen LogP contribution < -0.4 is 10.6 Å². The third-order valence-corrected chi connectivity index (χ3v) is 3.54. The van der Waals surface area contributed by atoms with E-state index < -0.39 is 6.10 Å². The summed E-state index contributed by atoms with van der Waals surface area (Å²) in [4.78, 5) is 12.6. The van der Waals surface area contributed by atoms with Gasteiger partial charge >= 0.3 is 0 Å². The van der Waals surface area contributed by atoms with Gasteiger partial charge in [0.05, 0.1) is 11.0 Å². The Morgan fingerprint density at radius 3 is 2.89 bits per heavy atom. The third kappa shape index (κ3) is 3.64. The van der Waals surface area contributed by atoms with Crippen LogP contribution in [0.15, 0.2) is 41.8 Å². The largest absolute Gasteiger partial charge is 0.387 e. The molecule has 0 saturated heterocycles. The first-order valence-corrected chi connectivity index (χ1v) is 6.86. The van der Waals surface area contributed by atoms with Crippen molar-refractivity contribution in [3.63, 3.8) is 0 Å². The molecule has 1 unspecified atom stereocenters. The van der Waals surface area contributed by atoms with Gasteiger partial charge in [-0.25, -0.2) is 0 Å². The van der Waals surface area contributed by atoms with Gasteiger partial charge in [-0.15, -0.1) is 11.3 Å². The van der Waals surface area contributed by atoms with Crippen LogP contribution in [-0.4, -0.2) is 24.6 Å². The van der Waals surface area contributed by atoms with E-state index in [-0.39, 0.29) is 5.91 Å². The van der Waals surface area contributed by atoms with E-state index in [2.05, 4.69) is 10.6 Å². The minimum atomic E-state index is -0.580. The Bertz CT molecular complexity index is 540. The number of aliphatic hydroxyl groups is 1. The maximum Gasteiger partial charge on any atom is 0.265 e. The van der Waals surface area contributed by atoms with Gasteiger partial charge in [0, 0.05) is 12.2 Å². The van der Waals surface area contributed by atoms with Crippen molar-refractivity contribution >= 4 is 22.9 Å². The van der Waals surface area contributed by atoms with Gasteiger partial charge in [0.25, 0.3) is 5.91 Å². The number of benzene rings is 1. The lowest BCUT2D eigenvalue weighted by atomic mass is 10.1. The molecule has 0 bridgehead atoms. The Morgan fingerprint density at radius 1 is 1.37 bits per heavy atom. The Balaban J connectivity index is 2.09. The molecule has 2 aromatic rings. The summed E-state index contributed by atoms with van der Waals surface area (Å²) < 4.78 is 0. The highest BCUT2D eigenvalue weighted by Gasteiger charge is 2.09. The number of thiophene rings is 1. The molecule has 1 aromatic heterocycles. The van der Waals surface area contributed by atoms with Crippen LogP contribution in [0.3, 0.4) is 0 Å². The fourth-order valence-corrected chi connectivity index (χ4v) is 2.35. The second-order valence-electron chi connectivity index (χ2n) is 4.13. The number of hydrogen-bond donors (Lipinski definition) is 3. The minimum absolute atomic E-state index is 0.129. The molecule has 3 N–H and O–H groups in total. The first-order chi connectivity index (χ1) is 9.20. The van der Waals surface area contributed by atoms with Gasteiger partial charge < -0.3 is 15.7 Å². The fraction of sp³-hybridized carbons (Fsp3) is 0.214. The predicted octanol–water partition coefficient (Wildman–Crippen LogP) is 2.25. The molecular formula is C14H16N2O2S. The normalized spacial score (nSPS) is 12.1. The zero-order chi connectivity index (χ0) is 13.7. The van der Waals surface area contributed by atoms with Crippen molar-refractivity contribution in [3.05, 3.63) is 52.2 Å². The van der Waals surface area contributed by atoms with Gasteiger partial charge in [0.2, 0.25) is 0 Å². The van der Waals surface area contributed by atoms with Crippen molar-refractivity contribution in [3.8, 4) is 0 Å². The van der Waals surface area contributed by atoms with Crippen molar-refractivity contribution in [1.82, 2.24) is 5.32 Å². The highest BCUT2D eigenvalue weighted by molar-refractivity contribution is 7.12. The molecule has 19 heavy (non-hydrogen) atoms. The van der Waals surface area contributed by atoms with E-state index in [1.807, 2.05) is 23.6 Å². The molecule has 0 aliphatic rings. The summed E-state index contributed by atoms with van der Waals surface area (Å²) >= 11 is 1.40. The van der Waals surface area contributed by atoms with Crippen molar-refractivity contribution in [2.75, 3.05) is 18.9 Å². The highest BCUT2D eigenvalue weighted by Crippen LogP contribution is 2.18. The van der Waals surface area contributed by atoms with Crippen LogP contribution in [0.25, 0.3) is 0 Å². The van der Waals surface area contributed by atoms with E-state index >= 15 is 0 Å². The summed E-state index contributed by atoms with van der Waals surface area (Å²) in [7, 11) is 1.78. The van der Waals surface area contributed by atoms with Crippen molar-refractivity contribution in [2.45, 2.75) is 6.10 Å². The van der Waals surface area contributed by atoms with Gasteiger partial charge in [-0.2, -0.15) is 0 Å². The average Bonchev–Trinajstić information content (AvgIpc) is 2.93. The Labute approximate surface area is 116 Å². The molecule has 1 amide bonds. The second kappa shape index (κ2) is 6.47. The summed E-state index contributed by atoms with van der Waals surface area (Å²) in [5, 5.41) is 17.5. The van der Waals surface area contributed by atoms with Gasteiger partial charge in [0.15, 0.2) is 0 Å². The van der Waals surface area contributed by atoms with Crippen LogP contribution in [0.2, 0.25) is 0 Å². The van der Waals surface area contributed by atoms with E-state index in [0.29, 0.717) is 17.1 Å². The molecule has 4 nitrogen and oxygen atoms in total. The van der Waals surface area contributed by atoms with E-state index in [4.69, 9.17) is 0 Å². The maximum atomic E-state index is 11.9. The molecule has 1 heterocycles. The van der Waals surface area contributed by atoms with Crippen molar-refractivity contribution in [1.29, 1.82) is 0 Å². The zero-order valence-corrected chi connectivity index (χ0v) is 11.4. The smallest absolute Gasteiger partial charge is 0.265 e. The molecule has 0 fully saturated rings. The summed E-state index contributed by atoms with van der Waals surface area (Å²) in [6.07, 6.45) is -0.580. The molecule has 0 radical (unpaired) electrons. The molecule has 0 spiro atoms. The molecule has 5 heteroatoms. The molecule has 1 atom stereocenters. The molecule has 0 aliphatic carbocycles. The summed E-state index contributed by atoms with van der Waals surface area (Å²) in [5.74, 6) is -0.129. The molecule has 100 valence electrons. The van der Waals surface area contributed by atoms with Crippen molar-refractivity contribution in [2.24, 2.45) is 0 Å². The number of anilines is 1. The van der Waals surface area contributed by atoms with Crippen LogP contribution >= 0.6 is 11.3 Å². The zero-order valence-electron chi connectivity index (χ0n) is 10.6. The lowest BCUT2D eigenvalue weighted by Crippen LogP contribution is -2.17. The Morgan fingerprint density at radius 2 is 2.21 bits per heavy atom. The fourth-order valence-electron chi connectivity index (χ4n) is 1.74. The Hall–Kier alpha value is -1.69. The van der Waals surface area contributed by atoms with Crippen LogP contribution in [0.5, 0.6) is 0 Å². The predicted molar refractivity (Wildman–Crippen MR) is 77.6 cm³/mol. The number of rotatable bonds is 5. The van der Waals surface area contributed by atoms with Gasteiger partial charge in [-0.1, -0.05) is 18.2 Å². The van der Waals surface area contributed by atoms with Crippen LogP contribution in [-0.2, 0) is 0 Å². The van der Waals surface area contributed by atoms with Gasteiger partial charge in [0.1, 0.15) is 0 Å². The number of carbonyl (C=O) groups excluding carboxylic acids is 1. The molecule has 0 saturated carbocycles. The molecule has 2 rings (SSSR count). The summed E-state index contributed by atoms with van der Waals surface area (Å²) in [6, 6.07) is 10.9. The topological polar surface area (TPSA) is 61.4 Å². The van der Waals surface area contributed by atoms with E-state index in [1.165, 1.54) is 11.3 Å². The summed E-state index contributed by atoms with van der Waals surface area (Å²) in [6.45, 7) is 0.475. The van der Waals surface area contributed by atoms with Gasteiger partial charge in [-0.3, -0.25) is 4.79 Å². The van der Waals surface area contributed by atoms with Crippen LogP contribution in [0, 0.1) is 0 Å². The lowest BCUT2D eigenvalue weighted by molar-refractivity contribution is 0.103. The second-order valence-corrected chi connectivity index (χ2v) is 5.08. The number of amides is 1. The quantitative estimate of drug-likeness (QED) is 0.785. The number of likely N-dealkylation sites (N-methyl/N-ethyl adjacent to an activating group) is 1. The molecule has 1 aromatic carbocycles. The average molecular weight is 276 g/mol. The highest BCUT2D eigenvalue weighted by atomic mass is 32.1. The standard InChI is InChI=1S/C14H16N2O2S/c1-15-9-12(17)10-4-2-5-11(8-10)16-14(18)13-6-3-7-19-13/h2-8,12,15,17H,9H2,1H3,(H,16,18). The lowest BCUT2D eigenvalue weighted by Gasteiger charge is -2.12. The number of aliphatic hydroxyl groups excluding tert-OH is 1.